The third kappa shape index (κ3) is 4.72. The average Bonchev–Trinajstić information content (AvgIpc) is 3.11. The van der Waals surface area contributed by atoms with Crippen LogP contribution in [0, 0.1) is 17.5 Å². The van der Waals surface area contributed by atoms with Crippen LogP contribution >= 0.6 is 0 Å². The van der Waals surface area contributed by atoms with Gasteiger partial charge in [0.2, 0.25) is 11.9 Å². The van der Waals surface area contributed by atoms with E-state index in [1.165, 1.54) is 11.0 Å². The highest BCUT2D eigenvalue weighted by Crippen LogP contribution is 2.14. The van der Waals surface area contributed by atoms with Crippen LogP contribution in [0.5, 0.6) is 0 Å². The van der Waals surface area contributed by atoms with Gasteiger partial charge in [0.25, 0.3) is 5.91 Å². The maximum Gasteiger partial charge on any atom is 0.258 e. The number of rotatable bonds is 6. The van der Waals surface area contributed by atoms with Crippen molar-refractivity contribution in [2.24, 2.45) is 0 Å². The summed E-state index contributed by atoms with van der Waals surface area (Å²) in [5.74, 6) is -6.07. The van der Waals surface area contributed by atoms with Crippen LogP contribution in [-0.4, -0.2) is 26.6 Å². The fourth-order valence-electron chi connectivity index (χ4n) is 2.29. The summed E-state index contributed by atoms with van der Waals surface area (Å²) in [4.78, 5) is 27.7. The maximum absolute atomic E-state index is 13.2. The summed E-state index contributed by atoms with van der Waals surface area (Å²) in [6.45, 7) is 0.204. The lowest BCUT2D eigenvalue weighted by Crippen LogP contribution is -2.27. The lowest BCUT2D eigenvalue weighted by molar-refractivity contribution is -0.122. The average molecular weight is 389 g/mol. The fraction of sp³-hybridized carbons (Fsp3) is 0.111. The SMILES string of the molecule is O=C(Cn1cnc(NC(=O)c2cc(F)c(F)c(F)c2)n1)NCc1ccccc1. The Morgan fingerprint density at radius 2 is 1.71 bits per heavy atom. The Labute approximate surface area is 157 Å². The van der Waals surface area contributed by atoms with Gasteiger partial charge in [-0.1, -0.05) is 30.3 Å². The van der Waals surface area contributed by atoms with Crippen LogP contribution in [0.4, 0.5) is 19.1 Å². The summed E-state index contributed by atoms with van der Waals surface area (Å²) in [6.07, 6.45) is 1.21. The number of carbonyl (C=O) groups is 2. The molecule has 2 amide bonds. The summed E-state index contributed by atoms with van der Waals surface area (Å²) in [7, 11) is 0. The third-order valence-corrected chi connectivity index (χ3v) is 3.65. The number of carbonyl (C=O) groups excluding carboxylic acids is 2. The van der Waals surface area contributed by atoms with Gasteiger partial charge in [-0.25, -0.2) is 22.8 Å². The van der Waals surface area contributed by atoms with Crippen molar-refractivity contribution in [1.82, 2.24) is 20.1 Å². The molecule has 10 heteroatoms. The van der Waals surface area contributed by atoms with Gasteiger partial charge < -0.3 is 5.32 Å². The molecule has 0 aliphatic carbocycles. The third-order valence-electron chi connectivity index (χ3n) is 3.65. The van der Waals surface area contributed by atoms with Gasteiger partial charge in [0.1, 0.15) is 12.9 Å². The highest BCUT2D eigenvalue weighted by molar-refractivity contribution is 6.03. The number of hydrogen-bond acceptors (Lipinski definition) is 4. The molecule has 0 bridgehead atoms. The predicted octanol–water partition coefficient (Wildman–Crippen LogP) is 2.26. The van der Waals surface area contributed by atoms with Crippen LogP contribution in [-0.2, 0) is 17.9 Å². The van der Waals surface area contributed by atoms with Gasteiger partial charge in [-0.15, -0.1) is 5.10 Å². The number of benzene rings is 2. The van der Waals surface area contributed by atoms with E-state index in [1.807, 2.05) is 30.3 Å². The topological polar surface area (TPSA) is 88.9 Å². The number of nitrogens with zero attached hydrogens (tertiary/aromatic N) is 3. The van der Waals surface area contributed by atoms with E-state index in [-0.39, 0.29) is 18.4 Å². The molecule has 28 heavy (non-hydrogen) atoms. The zero-order chi connectivity index (χ0) is 20.1. The van der Waals surface area contributed by atoms with Crippen molar-refractivity contribution >= 4 is 17.8 Å². The number of anilines is 1. The second-order valence-electron chi connectivity index (χ2n) is 5.74. The molecule has 7 nitrogen and oxygen atoms in total. The standard InChI is InChI=1S/C18H14F3N5O2/c19-13-6-12(7-14(20)16(13)21)17(28)24-18-23-10-26(25-18)9-15(27)22-8-11-4-2-1-3-5-11/h1-7,10H,8-9H2,(H,22,27)(H,24,25,28). The van der Waals surface area contributed by atoms with Crippen LogP contribution < -0.4 is 10.6 Å². The Kier molecular flexibility index (Phi) is 5.68. The lowest BCUT2D eigenvalue weighted by atomic mass is 10.2. The van der Waals surface area contributed by atoms with E-state index in [1.54, 1.807) is 0 Å². The molecule has 0 aliphatic rings. The molecule has 2 aromatic carbocycles. The summed E-state index contributed by atoms with van der Waals surface area (Å²) >= 11 is 0. The van der Waals surface area contributed by atoms with Crippen molar-refractivity contribution in [3.8, 4) is 0 Å². The normalized spacial score (nSPS) is 10.5. The molecule has 1 heterocycles. The monoisotopic (exact) mass is 389 g/mol. The first-order valence-corrected chi connectivity index (χ1v) is 8.08. The van der Waals surface area contributed by atoms with Crippen molar-refractivity contribution in [3.05, 3.63) is 77.4 Å². The van der Waals surface area contributed by atoms with Crippen molar-refractivity contribution in [2.75, 3.05) is 5.32 Å². The molecule has 2 N–H and O–H groups in total. The highest BCUT2D eigenvalue weighted by atomic mass is 19.2. The highest BCUT2D eigenvalue weighted by Gasteiger charge is 2.16. The molecule has 0 atom stereocenters. The molecule has 0 spiro atoms. The Morgan fingerprint density at radius 1 is 1.04 bits per heavy atom. The van der Waals surface area contributed by atoms with E-state index >= 15 is 0 Å². The summed E-state index contributed by atoms with van der Waals surface area (Å²) in [5.41, 5.74) is 0.495. The van der Waals surface area contributed by atoms with E-state index in [0.29, 0.717) is 18.7 Å². The van der Waals surface area contributed by atoms with Crippen molar-refractivity contribution in [3.63, 3.8) is 0 Å². The second kappa shape index (κ2) is 8.33. The van der Waals surface area contributed by atoms with Gasteiger partial charge >= 0.3 is 0 Å². The summed E-state index contributed by atoms with van der Waals surface area (Å²) in [5, 5.41) is 8.81. The van der Waals surface area contributed by atoms with E-state index in [9.17, 15) is 22.8 Å². The fourth-order valence-corrected chi connectivity index (χ4v) is 2.29. The van der Waals surface area contributed by atoms with Gasteiger partial charge in [0.15, 0.2) is 17.5 Å². The van der Waals surface area contributed by atoms with Crippen molar-refractivity contribution in [2.45, 2.75) is 13.1 Å². The first-order chi connectivity index (χ1) is 13.4. The number of aromatic nitrogens is 3. The largest absolute Gasteiger partial charge is 0.350 e. The molecule has 0 aliphatic heterocycles. The van der Waals surface area contributed by atoms with Crippen LogP contribution in [0.15, 0.2) is 48.8 Å². The maximum atomic E-state index is 13.2. The molecular weight excluding hydrogens is 375 g/mol. The van der Waals surface area contributed by atoms with E-state index in [2.05, 4.69) is 20.7 Å². The van der Waals surface area contributed by atoms with Gasteiger partial charge in [0.05, 0.1) is 0 Å². The Bertz CT molecular complexity index is 984. The number of amides is 2. The van der Waals surface area contributed by atoms with Gasteiger partial charge in [-0.3, -0.25) is 14.9 Å². The van der Waals surface area contributed by atoms with E-state index in [0.717, 1.165) is 5.56 Å². The quantitative estimate of drug-likeness (QED) is 0.633. The molecule has 1 aromatic heterocycles. The molecular formula is C18H14F3N5O2. The van der Waals surface area contributed by atoms with Crippen LogP contribution in [0.2, 0.25) is 0 Å². The minimum atomic E-state index is -1.67. The van der Waals surface area contributed by atoms with Crippen molar-refractivity contribution in [1.29, 1.82) is 0 Å². The number of nitrogens with one attached hydrogen (secondary N) is 2. The minimum absolute atomic E-state index is 0.143. The molecule has 0 saturated carbocycles. The lowest BCUT2D eigenvalue weighted by Gasteiger charge is -2.05. The molecule has 0 fully saturated rings. The van der Waals surface area contributed by atoms with Crippen LogP contribution in [0.1, 0.15) is 15.9 Å². The van der Waals surface area contributed by atoms with Gasteiger partial charge in [0, 0.05) is 12.1 Å². The predicted molar refractivity (Wildman–Crippen MR) is 92.6 cm³/mol. The molecule has 0 saturated heterocycles. The summed E-state index contributed by atoms with van der Waals surface area (Å²) < 4.78 is 40.5. The molecule has 3 aromatic rings. The smallest absolute Gasteiger partial charge is 0.258 e. The van der Waals surface area contributed by atoms with Crippen molar-refractivity contribution < 1.29 is 22.8 Å². The first kappa shape index (κ1) is 19.1. The Morgan fingerprint density at radius 3 is 2.39 bits per heavy atom. The minimum Gasteiger partial charge on any atom is -0.350 e. The Balaban J connectivity index is 1.56. The molecule has 144 valence electrons. The first-order valence-electron chi connectivity index (χ1n) is 8.08. The van der Waals surface area contributed by atoms with Gasteiger partial charge in [-0.2, -0.15) is 0 Å². The number of hydrogen-bond donors (Lipinski definition) is 2. The molecule has 3 rings (SSSR count). The summed E-state index contributed by atoms with van der Waals surface area (Å²) in [6, 6.07) is 10.4. The van der Waals surface area contributed by atoms with Gasteiger partial charge in [-0.05, 0) is 17.7 Å². The second-order valence-corrected chi connectivity index (χ2v) is 5.74. The van der Waals surface area contributed by atoms with E-state index in [4.69, 9.17) is 0 Å². The number of halogens is 3. The zero-order valence-corrected chi connectivity index (χ0v) is 14.3. The Hall–Kier alpha value is -3.69. The van der Waals surface area contributed by atoms with Crippen LogP contribution in [0.3, 0.4) is 0 Å². The van der Waals surface area contributed by atoms with E-state index < -0.39 is 28.9 Å². The van der Waals surface area contributed by atoms with Crippen LogP contribution in [0.25, 0.3) is 0 Å². The molecule has 0 radical (unpaired) electrons. The zero-order valence-electron chi connectivity index (χ0n) is 14.3. The molecule has 0 unspecified atom stereocenters.